The zero-order chi connectivity index (χ0) is 44.7. The summed E-state index contributed by atoms with van der Waals surface area (Å²) in [6, 6.07) is 75.4. The van der Waals surface area contributed by atoms with Crippen molar-refractivity contribution in [2.45, 2.75) is 39.7 Å². The van der Waals surface area contributed by atoms with Gasteiger partial charge in [0.05, 0.1) is 17.1 Å². The molecule has 0 aliphatic carbocycles. The van der Waals surface area contributed by atoms with Gasteiger partial charge in [-0.3, -0.25) is 4.99 Å². The summed E-state index contributed by atoms with van der Waals surface area (Å²) in [6.45, 7) is 11.8. The lowest BCUT2D eigenvalue weighted by molar-refractivity contribution is 0.481. The van der Waals surface area contributed by atoms with Gasteiger partial charge in [-0.15, -0.1) is 11.3 Å². The van der Waals surface area contributed by atoms with Crippen LogP contribution in [0, 0.1) is 11.8 Å². The van der Waals surface area contributed by atoms with Crippen LogP contribution in [0.25, 0.3) is 86.3 Å². The molecule has 2 heterocycles. The van der Waals surface area contributed by atoms with Gasteiger partial charge < -0.3 is 4.57 Å². The van der Waals surface area contributed by atoms with Crippen LogP contribution in [0.1, 0.15) is 56.3 Å². The van der Waals surface area contributed by atoms with Gasteiger partial charge in [0.1, 0.15) is 0 Å². The van der Waals surface area contributed by atoms with Crippen LogP contribution in [-0.4, -0.2) is 10.3 Å². The van der Waals surface area contributed by atoms with Gasteiger partial charge in [-0.1, -0.05) is 197 Å². The molecule has 0 fully saturated rings. The number of hydrogen-bond donors (Lipinski definition) is 0. The molecule has 2 unspecified atom stereocenters. The summed E-state index contributed by atoms with van der Waals surface area (Å²) in [5.41, 5.74) is 14.3. The number of thiophene rings is 1. The van der Waals surface area contributed by atoms with E-state index in [1.54, 1.807) is 0 Å². The lowest BCUT2D eigenvalue weighted by atomic mass is 9.85. The molecule has 3 heteroatoms. The van der Waals surface area contributed by atoms with E-state index in [4.69, 9.17) is 11.6 Å². The van der Waals surface area contributed by atoms with Crippen molar-refractivity contribution in [3.05, 3.63) is 230 Å². The van der Waals surface area contributed by atoms with Gasteiger partial charge in [0.25, 0.3) is 0 Å². The van der Waals surface area contributed by atoms with Crippen LogP contribution >= 0.6 is 11.3 Å². The van der Waals surface area contributed by atoms with Gasteiger partial charge in [-0.2, -0.15) is 0 Å². The third-order valence-corrected chi connectivity index (χ3v) is 14.9. The Morgan fingerprint density at radius 2 is 1.12 bits per heavy atom. The fraction of sp³-hybridized carbons (Fsp3) is 0.127. The second-order valence-corrected chi connectivity index (χ2v) is 19.1. The monoisotopic (exact) mass is 868 g/mol. The molecule has 0 N–H and O–H groups in total. The molecule has 0 amide bonds. The summed E-state index contributed by atoms with van der Waals surface area (Å²) in [4.78, 5) is 6.09. The predicted octanol–water partition coefficient (Wildman–Crippen LogP) is 18.0. The first-order valence-electron chi connectivity index (χ1n) is 23.4. The third kappa shape index (κ3) is 7.63. The lowest BCUT2D eigenvalue weighted by Crippen LogP contribution is -2.18. The van der Waals surface area contributed by atoms with Crippen molar-refractivity contribution in [1.82, 2.24) is 4.57 Å². The fourth-order valence-corrected chi connectivity index (χ4v) is 11.3. The molecular formula is C63H52N2S. The van der Waals surface area contributed by atoms with Crippen molar-refractivity contribution in [3.63, 3.8) is 0 Å². The third-order valence-electron chi connectivity index (χ3n) is 13.8. The topological polar surface area (TPSA) is 17.3 Å². The molecule has 0 aliphatic heterocycles. The Hall–Kier alpha value is -7.33. The number of aromatic nitrogens is 1. The second kappa shape index (κ2) is 17.6. The number of hydrogen-bond acceptors (Lipinski definition) is 2. The number of rotatable bonds is 12. The smallest absolute Gasteiger partial charge is 0.0781 e. The molecule has 320 valence electrons. The van der Waals surface area contributed by atoms with Crippen molar-refractivity contribution in [3.8, 4) is 27.9 Å². The molecule has 11 aromatic rings. The van der Waals surface area contributed by atoms with Crippen LogP contribution in [0.2, 0.25) is 0 Å². The maximum Gasteiger partial charge on any atom is 0.0781 e. The molecule has 2 nitrogen and oxygen atoms in total. The number of nitrogens with zero attached hydrogens (tertiary/aromatic N) is 2. The summed E-state index contributed by atoms with van der Waals surface area (Å²) in [5.74, 6) is 0.340. The molecule has 66 heavy (non-hydrogen) atoms. The van der Waals surface area contributed by atoms with Crippen molar-refractivity contribution in [2.75, 3.05) is 0 Å². The Bertz CT molecular complexity index is 3580. The first-order chi connectivity index (χ1) is 32.4. The van der Waals surface area contributed by atoms with Gasteiger partial charge in [-0.25, -0.2) is 0 Å². The number of benzene rings is 9. The quantitative estimate of drug-likeness (QED) is 0.109. The van der Waals surface area contributed by atoms with E-state index in [0.717, 1.165) is 29.8 Å². The zero-order valence-corrected chi connectivity index (χ0v) is 38.6. The Labute approximate surface area is 391 Å². The molecule has 0 saturated carbocycles. The Morgan fingerprint density at radius 3 is 1.80 bits per heavy atom. The van der Waals surface area contributed by atoms with Gasteiger partial charge in [-0.05, 0) is 111 Å². The summed E-state index contributed by atoms with van der Waals surface area (Å²) >= 11 is 1.88. The van der Waals surface area contributed by atoms with Crippen molar-refractivity contribution >= 4 is 75.4 Å². The predicted molar refractivity (Wildman–Crippen MR) is 286 cm³/mol. The van der Waals surface area contributed by atoms with Gasteiger partial charge in [0, 0.05) is 47.9 Å². The van der Waals surface area contributed by atoms with E-state index in [9.17, 15) is 0 Å². The first-order valence-corrected chi connectivity index (χ1v) is 24.2. The first kappa shape index (κ1) is 41.4. The van der Waals surface area contributed by atoms with Gasteiger partial charge in [0.15, 0.2) is 0 Å². The van der Waals surface area contributed by atoms with E-state index in [0.29, 0.717) is 0 Å². The zero-order valence-electron chi connectivity index (χ0n) is 37.8. The molecule has 11 rings (SSSR count). The fourth-order valence-electron chi connectivity index (χ4n) is 10.1. The number of para-hydroxylation sites is 1. The van der Waals surface area contributed by atoms with E-state index in [-0.39, 0.29) is 17.9 Å². The molecule has 0 radical (unpaired) electrons. The van der Waals surface area contributed by atoms with Crippen molar-refractivity contribution < 1.29 is 0 Å². The highest BCUT2D eigenvalue weighted by Crippen LogP contribution is 2.43. The van der Waals surface area contributed by atoms with Crippen molar-refractivity contribution in [1.29, 1.82) is 0 Å². The lowest BCUT2D eigenvalue weighted by Gasteiger charge is -2.26. The summed E-state index contributed by atoms with van der Waals surface area (Å²) < 4.78 is 5.06. The summed E-state index contributed by atoms with van der Waals surface area (Å²) in [5, 5.41) is 7.59. The van der Waals surface area contributed by atoms with Gasteiger partial charge in [0.2, 0.25) is 0 Å². The molecular weight excluding hydrogens is 817 g/mol. The van der Waals surface area contributed by atoms with E-state index < -0.39 is 0 Å². The number of allylic oxidation sites excluding steroid dienone is 1. The SMILES string of the molecule is C=C(CC(C)[C@@H](N=C(c1cc(-n2c3ccccc3c3cc4ccccc4cc32)cc2sc3ccccc3c12)C(C)CC)c1ccc(-c2ccccc2)cc1)c1ccc(-c2ccccc2)cc1. The standard InChI is InChI=1S/C63H52N2S/c1-5-41(2)63(64-62(49-34-32-48(33-35-49)46-20-10-7-11-21-46)43(4)36-42(3)44-28-30-47(31-29-44)45-18-8-6-9-19-45)56-39-52(40-60-61(56)54-25-15-17-27-59(54)66-60)65-57-26-16-14-24-53(57)55-37-50-22-12-13-23-51(50)38-58(55)65/h6-35,37-41,43,62H,3,5,36H2,1-2,4H3/t41?,43?,62-/m1/s1. The van der Waals surface area contributed by atoms with E-state index in [2.05, 4.69) is 232 Å². The molecule has 0 aliphatic rings. The number of aliphatic imine (C=N–C) groups is 1. The number of fused-ring (bicyclic) bond motifs is 7. The average molecular weight is 869 g/mol. The highest BCUT2D eigenvalue weighted by molar-refractivity contribution is 7.25. The van der Waals surface area contributed by atoms with E-state index in [1.807, 2.05) is 11.3 Å². The average Bonchev–Trinajstić information content (AvgIpc) is 3.91. The highest BCUT2D eigenvalue weighted by atomic mass is 32.1. The van der Waals surface area contributed by atoms with Gasteiger partial charge >= 0.3 is 0 Å². The maximum atomic E-state index is 6.09. The molecule has 2 aromatic heterocycles. The summed E-state index contributed by atoms with van der Waals surface area (Å²) in [6.07, 6.45) is 1.77. The molecule has 9 aromatic carbocycles. The highest BCUT2D eigenvalue weighted by Gasteiger charge is 2.26. The maximum absolute atomic E-state index is 6.09. The Balaban J connectivity index is 1.09. The van der Waals surface area contributed by atoms with Crippen LogP contribution < -0.4 is 0 Å². The Kier molecular flexibility index (Phi) is 11.0. The molecule has 3 atom stereocenters. The van der Waals surface area contributed by atoms with E-state index in [1.165, 1.54) is 91.7 Å². The van der Waals surface area contributed by atoms with Crippen LogP contribution in [0.3, 0.4) is 0 Å². The van der Waals surface area contributed by atoms with Crippen LogP contribution in [0.5, 0.6) is 0 Å². The largest absolute Gasteiger partial charge is 0.309 e. The van der Waals surface area contributed by atoms with E-state index >= 15 is 0 Å². The second-order valence-electron chi connectivity index (χ2n) is 18.0. The normalized spacial score (nSPS) is 13.5. The summed E-state index contributed by atoms with van der Waals surface area (Å²) in [7, 11) is 0. The molecule has 0 bridgehead atoms. The van der Waals surface area contributed by atoms with Crippen molar-refractivity contribution in [2.24, 2.45) is 16.8 Å². The Morgan fingerprint density at radius 1 is 0.545 bits per heavy atom. The minimum atomic E-state index is -0.123. The van der Waals surface area contributed by atoms with Crippen LogP contribution in [-0.2, 0) is 0 Å². The van der Waals surface area contributed by atoms with Crippen LogP contribution in [0.15, 0.2) is 218 Å². The molecule has 0 saturated heterocycles. The van der Waals surface area contributed by atoms with Crippen LogP contribution in [0.4, 0.5) is 0 Å². The minimum Gasteiger partial charge on any atom is -0.309 e. The minimum absolute atomic E-state index is 0.123. The molecule has 0 spiro atoms.